The monoisotopic (exact) mass is 369 g/mol. The van der Waals surface area contributed by atoms with Crippen LogP contribution in [0.5, 0.6) is 5.75 Å². The molecular formula is C16H17BrFNOS. The molecule has 2 aromatic carbocycles. The second-order valence-electron chi connectivity index (χ2n) is 4.66. The van der Waals surface area contributed by atoms with Crippen LogP contribution in [-0.2, 0) is 6.42 Å². The summed E-state index contributed by atoms with van der Waals surface area (Å²) in [6.07, 6.45) is 0.685. The van der Waals surface area contributed by atoms with E-state index in [2.05, 4.69) is 15.9 Å². The van der Waals surface area contributed by atoms with Crippen molar-refractivity contribution < 1.29 is 9.13 Å². The molecule has 2 aromatic rings. The van der Waals surface area contributed by atoms with Crippen LogP contribution in [0, 0.1) is 5.82 Å². The first-order valence-electron chi connectivity index (χ1n) is 6.55. The number of benzene rings is 2. The molecule has 2 rings (SSSR count). The fourth-order valence-electron chi connectivity index (χ4n) is 2.01. The van der Waals surface area contributed by atoms with Gasteiger partial charge in [0.05, 0.1) is 7.11 Å². The van der Waals surface area contributed by atoms with Crippen LogP contribution in [0.25, 0.3) is 0 Å². The second kappa shape index (κ2) is 7.82. The summed E-state index contributed by atoms with van der Waals surface area (Å²) >= 11 is 4.89. The molecule has 0 aliphatic carbocycles. The third-order valence-electron chi connectivity index (χ3n) is 3.01. The molecule has 2 N–H and O–H groups in total. The SMILES string of the molecule is COc1ccc(Br)cc1CC(N)CSc1ccccc1F. The van der Waals surface area contributed by atoms with Crippen molar-refractivity contribution in [1.82, 2.24) is 0 Å². The molecule has 0 aliphatic heterocycles. The fraction of sp³-hybridized carbons (Fsp3) is 0.250. The molecule has 0 bridgehead atoms. The Balaban J connectivity index is 1.97. The average molecular weight is 370 g/mol. The maximum absolute atomic E-state index is 13.6. The minimum absolute atomic E-state index is 0.0715. The van der Waals surface area contributed by atoms with E-state index in [4.69, 9.17) is 10.5 Å². The molecule has 0 fully saturated rings. The Labute approximate surface area is 137 Å². The van der Waals surface area contributed by atoms with Crippen molar-refractivity contribution >= 4 is 27.7 Å². The number of halogens is 2. The van der Waals surface area contributed by atoms with Gasteiger partial charge in [-0.2, -0.15) is 0 Å². The summed E-state index contributed by atoms with van der Waals surface area (Å²) in [5, 5.41) is 0. The van der Waals surface area contributed by atoms with E-state index in [-0.39, 0.29) is 11.9 Å². The molecule has 0 heterocycles. The van der Waals surface area contributed by atoms with Gasteiger partial charge in [0.15, 0.2) is 0 Å². The highest BCUT2D eigenvalue weighted by molar-refractivity contribution is 9.10. The van der Waals surface area contributed by atoms with E-state index in [0.717, 1.165) is 15.8 Å². The van der Waals surface area contributed by atoms with E-state index in [1.54, 1.807) is 19.2 Å². The van der Waals surface area contributed by atoms with Gasteiger partial charge in [0.25, 0.3) is 0 Å². The molecule has 0 aliphatic rings. The molecule has 112 valence electrons. The highest BCUT2D eigenvalue weighted by atomic mass is 79.9. The quantitative estimate of drug-likeness (QED) is 0.772. The molecule has 0 aromatic heterocycles. The smallest absolute Gasteiger partial charge is 0.136 e. The van der Waals surface area contributed by atoms with Gasteiger partial charge < -0.3 is 10.5 Å². The molecule has 1 atom stereocenters. The van der Waals surface area contributed by atoms with Crippen LogP contribution in [0.4, 0.5) is 4.39 Å². The maximum Gasteiger partial charge on any atom is 0.136 e. The van der Waals surface area contributed by atoms with Crippen LogP contribution in [0.1, 0.15) is 5.56 Å². The third kappa shape index (κ3) is 4.73. The van der Waals surface area contributed by atoms with Crippen LogP contribution in [-0.4, -0.2) is 18.9 Å². The lowest BCUT2D eigenvalue weighted by Crippen LogP contribution is -2.25. The van der Waals surface area contributed by atoms with Crippen molar-refractivity contribution in [3.63, 3.8) is 0 Å². The highest BCUT2D eigenvalue weighted by Gasteiger charge is 2.11. The Kier molecular flexibility index (Phi) is 6.08. The topological polar surface area (TPSA) is 35.2 Å². The van der Waals surface area contributed by atoms with Gasteiger partial charge in [-0.3, -0.25) is 0 Å². The van der Waals surface area contributed by atoms with Crippen molar-refractivity contribution in [2.45, 2.75) is 17.4 Å². The van der Waals surface area contributed by atoms with Gasteiger partial charge in [-0.15, -0.1) is 11.8 Å². The predicted molar refractivity (Wildman–Crippen MR) is 89.5 cm³/mol. The minimum atomic E-state index is -0.199. The zero-order valence-corrected chi connectivity index (χ0v) is 14.1. The molecule has 21 heavy (non-hydrogen) atoms. The van der Waals surface area contributed by atoms with Crippen LogP contribution in [0.15, 0.2) is 51.8 Å². The van der Waals surface area contributed by atoms with E-state index in [1.807, 2.05) is 24.3 Å². The Morgan fingerprint density at radius 2 is 2.05 bits per heavy atom. The maximum atomic E-state index is 13.6. The molecule has 1 unspecified atom stereocenters. The van der Waals surface area contributed by atoms with E-state index in [0.29, 0.717) is 17.1 Å². The van der Waals surface area contributed by atoms with Crippen LogP contribution >= 0.6 is 27.7 Å². The second-order valence-corrected chi connectivity index (χ2v) is 6.64. The summed E-state index contributed by atoms with van der Waals surface area (Å²) < 4.78 is 19.9. The van der Waals surface area contributed by atoms with E-state index in [9.17, 15) is 4.39 Å². The summed E-state index contributed by atoms with van der Waals surface area (Å²) in [6.45, 7) is 0. The Hall–Kier alpha value is -1.04. The number of ether oxygens (including phenoxy) is 1. The third-order valence-corrected chi connectivity index (χ3v) is 4.74. The zero-order valence-electron chi connectivity index (χ0n) is 11.7. The Bertz CT molecular complexity index is 609. The molecule has 0 spiro atoms. The van der Waals surface area contributed by atoms with Crippen LogP contribution in [0.2, 0.25) is 0 Å². The van der Waals surface area contributed by atoms with Gasteiger partial charge >= 0.3 is 0 Å². The summed E-state index contributed by atoms with van der Waals surface area (Å²) in [5.41, 5.74) is 7.21. The molecule has 0 amide bonds. The van der Waals surface area contributed by atoms with Crippen molar-refractivity contribution in [3.8, 4) is 5.75 Å². The van der Waals surface area contributed by atoms with Gasteiger partial charge in [-0.05, 0) is 42.3 Å². The lowest BCUT2D eigenvalue weighted by atomic mass is 10.1. The Morgan fingerprint density at radius 1 is 1.29 bits per heavy atom. The average Bonchev–Trinajstić information content (AvgIpc) is 2.47. The van der Waals surface area contributed by atoms with Gasteiger partial charge in [0.2, 0.25) is 0 Å². The van der Waals surface area contributed by atoms with E-state index >= 15 is 0 Å². The summed E-state index contributed by atoms with van der Waals surface area (Å²) in [5.74, 6) is 1.27. The first-order valence-corrected chi connectivity index (χ1v) is 8.33. The highest BCUT2D eigenvalue weighted by Crippen LogP contribution is 2.26. The number of hydrogen-bond acceptors (Lipinski definition) is 3. The molecule has 0 radical (unpaired) electrons. The number of methoxy groups -OCH3 is 1. The van der Waals surface area contributed by atoms with Crippen LogP contribution in [0.3, 0.4) is 0 Å². The van der Waals surface area contributed by atoms with Gasteiger partial charge in [-0.1, -0.05) is 28.1 Å². The fourth-order valence-corrected chi connectivity index (χ4v) is 3.31. The summed E-state index contributed by atoms with van der Waals surface area (Å²) in [4.78, 5) is 0.633. The first-order chi connectivity index (χ1) is 10.1. The number of nitrogens with two attached hydrogens (primary N) is 1. The first kappa shape index (κ1) is 16.3. The van der Waals surface area contributed by atoms with E-state index < -0.39 is 0 Å². The number of thioether (sulfide) groups is 1. The zero-order chi connectivity index (χ0) is 15.2. The molecule has 5 heteroatoms. The molecule has 0 saturated carbocycles. The van der Waals surface area contributed by atoms with Gasteiger partial charge in [0, 0.05) is 21.2 Å². The van der Waals surface area contributed by atoms with Crippen molar-refractivity contribution in [2.75, 3.05) is 12.9 Å². The Morgan fingerprint density at radius 3 is 2.76 bits per heavy atom. The van der Waals surface area contributed by atoms with Crippen molar-refractivity contribution in [1.29, 1.82) is 0 Å². The lowest BCUT2D eigenvalue weighted by Gasteiger charge is -2.14. The van der Waals surface area contributed by atoms with Crippen LogP contribution < -0.4 is 10.5 Å². The molecule has 2 nitrogen and oxygen atoms in total. The van der Waals surface area contributed by atoms with Gasteiger partial charge in [0.1, 0.15) is 11.6 Å². The normalized spacial score (nSPS) is 12.2. The summed E-state index contributed by atoms with van der Waals surface area (Å²) in [6, 6.07) is 12.5. The lowest BCUT2D eigenvalue weighted by molar-refractivity contribution is 0.408. The van der Waals surface area contributed by atoms with Crippen molar-refractivity contribution in [3.05, 3.63) is 58.3 Å². The number of rotatable bonds is 6. The standard InChI is InChI=1S/C16H17BrFNOS/c1-20-15-7-6-12(17)8-11(15)9-13(19)10-21-16-5-3-2-4-14(16)18/h2-8,13H,9-10,19H2,1H3. The predicted octanol–water partition coefficient (Wildman–Crippen LogP) is 4.26. The molecular weight excluding hydrogens is 353 g/mol. The number of hydrogen-bond donors (Lipinski definition) is 1. The summed E-state index contributed by atoms with van der Waals surface area (Å²) in [7, 11) is 1.65. The minimum Gasteiger partial charge on any atom is -0.496 e. The van der Waals surface area contributed by atoms with E-state index in [1.165, 1.54) is 17.8 Å². The molecule has 0 saturated heterocycles. The largest absolute Gasteiger partial charge is 0.496 e. The van der Waals surface area contributed by atoms with Gasteiger partial charge in [-0.25, -0.2) is 4.39 Å². The van der Waals surface area contributed by atoms with Crippen molar-refractivity contribution in [2.24, 2.45) is 5.73 Å².